The SMILES string of the molecule is CCNCc1ccc(CN(CC)CCOC)cc1. The number of benzene rings is 1. The molecule has 0 unspecified atom stereocenters. The van der Waals surface area contributed by atoms with Gasteiger partial charge in [-0.2, -0.15) is 0 Å². The molecule has 3 nitrogen and oxygen atoms in total. The molecule has 0 aromatic heterocycles. The fourth-order valence-electron chi connectivity index (χ4n) is 1.86. The van der Waals surface area contributed by atoms with Crippen molar-refractivity contribution in [1.29, 1.82) is 0 Å². The lowest BCUT2D eigenvalue weighted by molar-refractivity contribution is 0.147. The Labute approximate surface area is 111 Å². The maximum atomic E-state index is 5.13. The zero-order valence-electron chi connectivity index (χ0n) is 11.9. The van der Waals surface area contributed by atoms with Crippen molar-refractivity contribution in [1.82, 2.24) is 10.2 Å². The van der Waals surface area contributed by atoms with E-state index in [1.165, 1.54) is 11.1 Å². The summed E-state index contributed by atoms with van der Waals surface area (Å²) in [6.45, 7) is 10.1. The van der Waals surface area contributed by atoms with Gasteiger partial charge in [-0.25, -0.2) is 0 Å². The Bertz CT molecular complexity index is 311. The first-order valence-electron chi connectivity index (χ1n) is 6.80. The first-order valence-corrected chi connectivity index (χ1v) is 6.80. The number of methoxy groups -OCH3 is 1. The van der Waals surface area contributed by atoms with Crippen LogP contribution in [-0.2, 0) is 17.8 Å². The van der Waals surface area contributed by atoms with Gasteiger partial charge in [-0.3, -0.25) is 4.90 Å². The second-order valence-corrected chi connectivity index (χ2v) is 4.46. The van der Waals surface area contributed by atoms with Crippen molar-refractivity contribution in [3.05, 3.63) is 35.4 Å². The van der Waals surface area contributed by atoms with Crippen LogP contribution in [0.15, 0.2) is 24.3 Å². The van der Waals surface area contributed by atoms with Gasteiger partial charge in [-0.1, -0.05) is 38.1 Å². The molecule has 0 saturated carbocycles. The van der Waals surface area contributed by atoms with Gasteiger partial charge < -0.3 is 10.1 Å². The average molecular weight is 250 g/mol. The molecule has 1 N–H and O–H groups in total. The molecule has 3 heteroatoms. The maximum absolute atomic E-state index is 5.13. The van der Waals surface area contributed by atoms with E-state index in [1.807, 2.05) is 0 Å². The van der Waals surface area contributed by atoms with Gasteiger partial charge in [0.25, 0.3) is 0 Å². The molecule has 18 heavy (non-hydrogen) atoms. The van der Waals surface area contributed by atoms with E-state index in [0.717, 1.165) is 39.3 Å². The van der Waals surface area contributed by atoms with E-state index in [-0.39, 0.29) is 0 Å². The third kappa shape index (κ3) is 5.63. The molecule has 0 spiro atoms. The van der Waals surface area contributed by atoms with Crippen LogP contribution in [0, 0.1) is 0 Å². The Morgan fingerprint density at radius 1 is 1.11 bits per heavy atom. The van der Waals surface area contributed by atoms with Gasteiger partial charge in [-0.15, -0.1) is 0 Å². The van der Waals surface area contributed by atoms with Gasteiger partial charge in [-0.05, 0) is 24.2 Å². The first kappa shape index (κ1) is 15.2. The molecule has 0 aliphatic heterocycles. The number of ether oxygens (including phenoxy) is 1. The molecule has 0 aliphatic rings. The minimum Gasteiger partial charge on any atom is -0.383 e. The summed E-state index contributed by atoms with van der Waals surface area (Å²) in [6.07, 6.45) is 0. The Balaban J connectivity index is 2.45. The van der Waals surface area contributed by atoms with Crippen LogP contribution in [0.1, 0.15) is 25.0 Å². The minimum absolute atomic E-state index is 0.798. The Morgan fingerprint density at radius 2 is 1.78 bits per heavy atom. The van der Waals surface area contributed by atoms with E-state index >= 15 is 0 Å². The molecule has 0 atom stereocenters. The van der Waals surface area contributed by atoms with Crippen molar-refractivity contribution < 1.29 is 4.74 Å². The molecular formula is C15H26N2O. The van der Waals surface area contributed by atoms with E-state index in [2.05, 4.69) is 48.3 Å². The molecule has 1 aromatic rings. The third-order valence-electron chi connectivity index (χ3n) is 3.07. The summed E-state index contributed by atoms with van der Waals surface area (Å²) in [4.78, 5) is 2.39. The van der Waals surface area contributed by atoms with Crippen LogP contribution in [0.3, 0.4) is 0 Å². The first-order chi connectivity index (χ1) is 8.80. The lowest BCUT2D eigenvalue weighted by Crippen LogP contribution is -2.26. The smallest absolute Gasteiger partial charge is 0.0589 e. The average Bonchev–Trinajstić information content (AvgIpc) is 2.42. The summed E-state index contributed by atoms with van der Waals surface area (Å²) in [6, 6.07) is 8.87. The number of hydrogen-bond acceptors (Lipinski definition) is 3. The van der Waals surface area contributed by atoms with Crippen LogP contribution >= 0.6 is 0 Å². The zero-order valence-corrected chi connectivity index (χ0v) is 11.9. The molecule has 0 saturated heterocycles. The highest BCUT2D eigenvalue weighted by molar-refractivity contribution is 5.22. The summed E-state index contributed by atoms with van der Waals surface area (Å²) < 4.78 is 5.13. The number of likely N-dealkylation sites (N-methyl/N-ethyl adjacent to an activating group) is 1. The predicted octanol–water partition coefficient (Wildman–Crippen LogP) is 2.26. The third-order valence-corrected chi connectivity index (χ3v) is 3.07. The van der Waals surface area contributed by atoms with Crippen molar-refractivity contribution in [3.63, 3.8) is 0 Å². The van der Waals surface area contributed by atoms with E-state index in [0.29, 0.717) is 0 Å². The van der Waals surface area contributed by atoms with Gasteiger partial charge >= 0.3 is 0 Å². The van der Waals surface area contributed by atoms with Crippen molar-refractivity contribution >= 4 is 0 Å². The van der Waals surface area contributed by atoms with Crippen LogP contribution in [0.5, 0.6) is 0 Å². The van der Waals surface area contributed by atoms with Gasteiger partial charge in [0.05, 0.1) is 6.61 Å². The quantitative estimate of drug-likeness (QED) is 0.727. The zero-order chi connectivity index (χ0) is 13.2. The van der Waals surface area contributed by atoms with Crippen LogP contribution in [-0.4, -0.2) is 38.3 Å². The van der Waals surface area contributed by atoms with E-state index in [4.69, 9.17) is 4.74 Å². The van der Waals surface area contributed by atoms with E-state index < -0.39 is 0 Å². The topological polar surface area (TPSA) is 24.5 Å². The van der Waals surface area contributed by atoms with Crippen molar-refractivity contribution in [2.24, 2.45) is 0 Å². The number of nitrogens with one attached hydrogen (secondary N) is 1. The summed E-state index contributed by atoms with van der Waals surface area (Å²) in [5.74, 6) is 0. The highest BCUT2D eigenvalue weighted by atomic mass is 16.5. The molecule has 102 valence electrons. The van der Waals surface area contributed by atoms with Gasteiger partial charge in [0.2, 0.25) is 0 Å². The van der Waals surface area contributed by atoms with Crippen molar-refractivity contribution in [3.8, 4) is 0 Å². The standard InChI is InChI=1S/C15H26N2O/c1-4-16-12-14-6-8-15(9-7-14)13-17(5-2)10-11-18-3/h6-9,16H,4-5,10-13H2,1-3H3. The lowest BCUT2D eigenvalue weighted by atomic mass is 10.1. The summed E-state index contributed by atoms with van der Waals surface area (Å²) in [7, 11) is 1.75. The summed E-state index contributed by atoms with van der Waals surface area (Å²) >= 11 is 0. The molecular weight excluding hydrogens is 224 g/mol. The molecule has 0 heterocycles. The molecule has 1 aromatic carbocycles. The summed E-state index contributed by atoms with van der Waals surface area (Å²) in [5.41, 5.74) is 2.72. The number of nitrogens with zero attached hydrogens (tertiary/aromatic N) is 1. The minimum atomic E-state index is 0.798. The normalized spacial score (nSPS) is 11.1. The highest BCUT2D eigenvalue weighted by Gasteiger charge is 2.03. The maximum Gasteiger partial charge on any atom is 0.0589 e. The Hall–Kier alpha value is -0.900. The van der Waals surface area contributed by atoms with Crippen LogP contribution in [0.2, 0.25) is 0 Å². The van der Waals surface area contributed by atoms with Gasteiger partial charge in [0.1, 0.15) is 0 Å². The molecule has 0 bridgehead atoms. The van der Waals surface area contributed by atoms with Crippen LogP contribution in [0.4, 0.5) is 0 Å². The van der Waals surface area contributed by atoms with Crippen molar-refractivity contribution in [2.45, 2.75) is 26.9 Å². The molecule has 1 rings (SSSR count). The Kier molecular flexibility index (Phi) is 7.65. The lowest BCUT2D eigenvalue weighted by Gasteiger charge is -2.20. The highest BCUT2D eigenvalue weighted by Crippen LogP contribution is 2.07. The fraction of sp³-hybridized carbons (Fsp3) is 0.600. The second-order valence-electron chi connectivity index (χ2n) is 4.46. The van der Waals surface area contributed by atoms with Gasteiger partial charge in [0.15, 0.2) is 0 Å². The molecule has 0 amide bonds. The Morgan fingerprint density at radius 3 is 2.33 bits per heavy atom. The number of rotatable bonds is 9. The van der Waals surface area contributed by atoms with Gasteiger partial charge in [0, 0.05) is 26.7 Å². The molecule has 0 fully saturated rings. The number of hydrogen-bond donors (Lipinski definition) is 1. The molecule has 0 aliphatic carbocycles. The second kappa shape index (κ2) is 9.09. The van der Waals surface area contributed by atoms with Crippen LogP contribution in [0.25, 0.3) is 0 Å². The predicted molar refractivity (Wildman–Crippen MR) is 76.6 cm³/mol. The van der Waals surface area contributed by atoms with E-state index in [9.17, 15) is 0 Å². The van der Waals surface area contributed by atoms with E-state index in [1.54, 1.807) is 7.11 Å². The largest absolute Gasteiger partial charge is 0.383 e. The monoisotopic (exact) mass is 250 g/mol. The van der Waals surface area contributed by atoms with Crippen LogP contribution < -0.4 is 5.32 Å². The summed E-state index contributed by atoms with van der Waals surface area (Å²) in [5, 5.41) is 3.34. The van der Waals surface area contributed by atoms with Crippen molar-refractivity contribution in [2.75, 3.05) is 33.4 Å². The fourth-order valence-corrected chi connectivity index (χ4v) is 1.86. The molecule has 0 radical (unpaired) electrons.